The largest absolute Gasteiger partial charge is 0.371 e. The predicted molar refractivity (Wildman–Crippen MR) is 42.5 cm³/mol. The van der Waals surface area contributed by atoms with Gasteiger partial charge in [-0.2, -0.15) is 5.10 Å². The number of aromatic amines is 1. The molecule has 0 aliphatic carbocycles. The molecule has 56 valence electrons. The van der Waals surface area contributed by atoms with E-state index in [0.717, 1.165) is 12.2 Å². The van der Waals surface area contributed by atoms with E-state index in [4.69, 9.17) is 11.6 Å². The smallest absolute Gasteiger partial charge is 0.147 e. The van der Waals surface area contributed by atoms with Crippen LogP contribution in [0.15, 0.2) is 6.20 Å². The number of nitrogens with one attached hydrogen (secondary N) is 1. The number of halogens is 1. The lowest BCUT2D eigenvalue weighted by Crippen LogP contribution is -2.15. The van der Waals surface area contributed by atoms with Crippen LogP contribution in [0.25, 0.3) is 0 Å². The van der Waals surface area contributed by atoms with Crippen LogP contribution < -0.4 is 4.90 Å². The third-order valence-corrected chi connectivity index (χ3v) is 1.74. The average Bonchev–Trinajstić information content (AvgIpc) is 2.34. The number of rotatable bonds is 2. The van der Waals surface area contributed by atoms with Crippen LogP contribution in [0.5, 0.6) is 0 Å². The summed E-state index contributed by atoms with van der Waals surface area (Å²) < 4.78 is 0. The van der Waals surface area contributed by atoms with Crippen molar-refractivity contribution in [1.29, 1.82) is 0 Å². The van der Waals surface area contributed by atoms with E-state index in [2.05, 4.69) is 17.1 Å². The molecule has 0 aliphatic rings. The van der Waals surface area contributed by atoms with E-state index in [9.17, 15) is 0 Å². The van der Waals surface area contributed by atoms with Crippen molar-refractivity contribution < 1.29 is 0 Å². The van der Waals surface area contributed by atoms with Gasteiger partial charge in [0.15, 0.2) is 0 Å². The maximum absolute atomic E-state index is 5.75. The Kier molecular flexibility index (Phi) is 2.17. The van der Waals surface area contributed by atoms with Crippen LogP contribution in [0.1, 0.15) is 6.92 Å². The summed E-state index contributed by atoms with van der Waals surface area (Å²) in [5.41, 5.74) is 0.948. The van der Waals surface area contributed by atoms with Crippen molar-refractivity contribution in [1.82, 2.24) is 10.2 Å². The number of H-pyrrole nitrogens is 1. The Balaban J connectivity index is 2.82. The van der Waals surface area contributed by atoms with Gasteiger partial charge in [-0.1, -0.05) is 11.6 Å². The van der Waals surface area contributed by atoms with Crippen LogP contribution in [0, 0.1) is 0 Å². The highest BCUT2D eigenvalue weighted by Crippen LogP contribution is 2.20. The standard InChI is InChI=1S/C6H10ClN3/c1-3-10(2)5-4-8-9-6(5)7/h4H,3H2,1-2H3,(H,8,9). The molecule has 1 heterocycles. The molecule has 0 saturated heterocycles. The van der Waals surface area contributed by atoms with Crippen LogP contribution >= 0.6 is 11.6 Å². The normalized spacial score (nSPS) is 9.90. The first kappa shape index (κ1) is 7.41. The monoisotopic (exact) mass is 159 g/mol. The molecule has 0 unspecified atom stereocenters. The van der Waals surface area contributed by atoms with E-state index in [1.54, 1.807) is 6.20 Å². The van der Waals surface area contributed by atoms with Crippen molar-refractivity contribution in [3.63, 3.8) is 0 Å². The molecule has 0 amide bonds. The Bertz CT molecular complexity index is 209. The molecule has 0 aliphatic heterocycles. The van der Waals surface area contributed by atoms with E-state index in [-0.39, 0.29) is 0 Å². The van der Waals surface area contributed by atoms with Gasteiger partial charge in [0.1, 0.15) is 5.15 Å². The maximum Gasteiger partial charge on any atom is 0.147 e. The van der Waals surface area contributed by atoms with Crippen molar-refractivity contribution >= 4 is 17.3 Å². The third kappa shape index (κ3) is 1.24. The van der Waals surface area contributed by atoms with E-state index in [0.29, 0.717) is 5.15 Å². The summed E-state index contributed by atoms with van der Waals surface area (Å²) in [4.78, 5) is 2.02. The third-order valence-electron chi connectivity index (χ3n) is 1.46. The molecule has 0 spiro atoms. The first-order chi connectivity index (χ1) is 4.75. The lowest BCUT2D eigenvalue weighted by atomic mass is 10.5. The Morgan fingerprint density at radius 2 is 2.50 bits per heavy atom. The highest BCUT2D eigenvalue weighted by molar-refractivity contribution is 6.31. The molecule has 1 rings (SSSR count). The maximum atomic E-state index is 5.75. The molecule has 1 aromatic rings. The number of nitrogens with zero attached hydrogens (tertiary/aromatic N) is 2. The second kappa shape index (κ2) is 2.92. The Morgan fingerprint density at radius 3 is 2.90 bits per heavy atom. The zero-order valence-electron chi connectivity index (χ0n) is 6.06. The first-order valence-electron chi connectivity index (χ1n) is 3.15. The molecule has 0 radical (unpaired) electrons. The summed E-state index contributed by atoms with van der Waals surface area (Å²) in [6.45, 7) is 2.99. The molecule has 0 atom stereocenters. The quantitative estimate of drug-likeness (QED) is 0.710. The lowest BCUT2D eigenvalue weighted by molar-refractivity contribution is 0.969. The second-order valence-electron chi connectivity index (χ2n) is 2.08. The van der Waals surface area contributed by atoms with Gasteiger partial charge >= 0.3 is 0 Å². The van der Waals surface area contributed by atoms with Crippen LogP contribution in [0.3, 0.4) is 0 Å². The summed E-state index contributed by atoms with van der Waals surface area (Å²) in [6, 6.07) is 0. The summed E-state index contributed by atoms with van der Waals surface area (Å²) in [5.74, 6) is 0. The van der Waals surface area contributed by atoms with Crippen molar-refractivity contribution in [2.24, 2.45) is 0 Å². The van der Waals surface area contributed by atoms with Gasteiger partial charge in [0.05, 0.1) is 11.9 Å². The van der Waals surface area contributed by atoms with Gasteiger partial charge in [-0.15, -0.1) is 0 Å². The zero-order chi connectivity index (χ0) is 7.56. The number of anilines is 1. The van der Waals surface area contributed by atoms with E-state index in [1.807, 2.05) is 11.9 Å². The van der Waals surface area contributed by atoms with Gasteiger partial charge in [0.2, 0.25) is 0 Å². The molecule has 0 saturated carbocycles. The van der Waals surface area contributed by atoms with Crippen molar-refractivity contribution in [2.45, 2.75) is 6.92 Å². The SMILES string of the molecule is CCN(C)c1cn[nH]c1Cl. The number of aromatic nitrogens is 2. The van der Waals surface area contributed by atoms with Crippen LogP contribution in [-0.2, 0) is 0 Å². The summed E-state index contributed by atoms with van der Waals surface area (Å²) in [6.07, 6.45) is 1.71. The van der Waals surface area contributed by atoms with Gasteiger partial charge in [-0.3, -0.25) is 5.10 Å². The Labute approximate surface area is 65.0 Å². The van der Waals surface area contributed by atoms with E-state index < -0.39 is 0 Å². The van der Waals surface area contributed by atoms with Gasteiger partial charge in [-0.25, -0.2) is 0 Å². The molecule has 0 bridgehead atoms. The fourth-order valence-corrected chi connectivity index (χ4v) is 0.942. The van der Waals surface area contributed by atoms with Crippen LogP contribution in [0.2, 0.25) is 5.15 Å². The molecule has 0 fully saturated rings. The second-order valence-corrected chi connectivity index (χ2v) is 2.46. The molecule has 0 aromatic carbocycles. The zero-order valence-corrected chi connectivity index (χ0v) is 6.81. The molecular formula is C6H10ClN3. The summed E-state index contributed by atoms with van der Waals surface area (Å²) in [5, 5.41) is 7.05. The minimum Gasteiger partial charge on any atom is -0.371 e. The van der Waals surface area contributed by atoms with Crippen LogP contribution in [-0.4, -0.2) is 23.8 Å². The lowest BCUT2D eigenvalue weighted by Gasteiger charge is -2.13. The fraction of sp³-hybridized carbons (Fsp3) is 0.500. The molecule has 1 aromatic heterocycles. The Hall–Kier alpha value is -0.700. The molecular weight excluding hydrogens is 150 g/mol. The molecule has 4 heteroatoms. The average molecular weight is 160 g/mol. The first-order valence-corrected chi connectivity index (χ1v) is 3.53. The van der Waals surface area contributed by atoms with Crippen molar-refractivity contribution in [3.8, 4) is 0 Å². The molecule has 10 heavy (non-hydrogen) atoms. The minimum absolute atomic E-state index is 0.601. The van der Waals surface area contributed by atoms with Crippen molar-refractivity contribution in [2.75, 3.05) is 18.5 Å². The highest BCUT2D eigenvalue weighted by atomic mass is 35.5. The predicted octanol–water partition coefficient (Wildman–Crippen LogP) is 1.52. The minimum atomic E-state index is 0.601. The van der Waals surface area contributed by atoms with Gasteiger partial charge in [0, 0.05) is 13.6 Å². The van der Waals surface area contributed by atoms with Gasteiger partial charge < -0.3 is 4.90 Å². The Morgan fingerprint density at radius 1 is 1.80 bits per heavy atom. The molecule has 1 N–H and O–H groups in total. The fourth-order valence-electron chi connectivity index (χ4n) is 0.701. The number of hydrogen-bond acceptors (Lipinski definition) is 2. The van der Waals surface area contributed by atoms with Gasteiger partial charge in [-0.05, 0) is 6.92 Å². The van der Waals surface area contributed by atoms with Crippen LogP contribution in [0.4, 0.5) is 5.69 Å². The van der Waals surface area contributed by atoms with Crippen molar-refractivity contribution in [3.05, 3.63) is 11.3 Å². The highest BCUT2D eigenvalue weighted by Gasteiger charge is 2.04. The summed E-state index contributed by atoms with van der Waals surface area (Å²) >= 11 is 5.75. The molecule has 3 nitrogen and oxygen atoms in total. The van der Waals surface area contributed by atoms with Gasteiger partial charge in [0.25, 0.3) is 0 Å². The van der Waals surface area contributed by atoms with E-state index in [1.165, 1.54) is 0 Å². The number of hydrogen-bond donors (Lipinski definition) is 1. The summed E-state index contributed by atoms with van der Waals surface area (Å²) in [7, 11) is 1.97. The van der Waals surface area contributed by atoms with E-state index >= 15 is 0 Å². The topological polar surface area (TPSA) is 31.9 Å².